The summed E-state index contributed by atoms with van der Waals surface area (Å²) in [5.41, 5.74) is 1.07. The van der Waals surface area contributed by atoms with Crippen LogP contribution in [0.25, 0.3) is 0 Å². The fraction of sp³-hybridized carbons (Fsp3) is 0.375. The predicted octanol–water partition coefficient (Wildman–Crippen LogP) is 1.97. The molecule has 6 heteroatoms. The van der Waals surface area contributed by atoms with E-state index in [0.717, 1.165) is 24.8 Å². The third-order valence-corrected chi connectivity index (χ3v) is 3.94. The standard InChI is InChI=1S/C16H20N4O2/c21-15(17-12-16(22)7-4-8-16)19-14-9-18-20(11-14)10-13-5-2-1-3-6-13/h1-3,5-6,9,11,22H,4,7-8,10,12H2,(H2,17,19,21). The van der Waals surface area contributed by atoms with Gasteiger partial charge in [-0.25, -0.2) is 4.79 Å². The van der Waals surface area contributed by atoms with Gasteiger partial charge in [0.25, 0.3) is 0 Å². The lowest BCUT2D eigenvalue weighted by atomic mass is 9.80. The number of carbonyl (C=O) groups excluding carboxylic acids is 1. The van der Waals surface area contributed by atoms with Crippen molar-refractivity contribution in [1.29, 1.82) is 0 Å². The van der Waals surface area contributed by atoms with Gasteiger partial charge in [0.2, 0.25) is 0 Å². The van der Waals surface area contributed by atoms with Crippen LogP contribution >= 0.6 is 0 Å². The number of hydrogen-bond donors (Lipinski definition) is 3. The van der Waals surface area contributed by atoms with Crippen LogP contribution in [0.1, 0.15) is 24.8 Å². The first kappa shape index (κ1) is 14.6. The number of benzene rings is 1. The van der Waals surface area contributed by atoms with Gasteiger partial charge in [-0.05, 0) is 24.8 Å². The smallest absolute Gasteiger partial charge is 0.319 e. The summed E-state index contributed by atoms with van der Waals surface area (Å²) in [7, 11) is 0. The molecular formula is C16H20N4O2. The molecule has 0 bridgehead atoms. The molecule has 0 aliphatic heterocycles. The van der Waals surface area contributed by atoms with Gasteiger partial charge in [0, 0.05) is 12.7 Å². The number of nitrogens with one attached hydrogen (secondary N) is 2. The van der Waals surface area contributed by atoms with E-state index in [-0.39, 0.29) is 12.6 Å². The quantitative estimate of drug-likeness (QED) is 0.790. The number of anilines is 1. The van der Waals surface area contributed by atoms with Crippen molar-refractivity contribution in [2.45, 2.75) is 31.4 Å². The number of amides is 2. The second-order valence-electron chi connectivity index (χ2n) is 5.80. The van der Waals surface area contributed by atoms with Crippen molar-refractivity contribution in [2.75, 3.05) is 11.9 Å². The van der Waals surface area contributed by atoms with Crippen LogP contribution in [0.5, 0.6) is 0 Å². The highest BCUT2D eigenvalue weighted by Crippen LogP contribution is 2.30. The largest absolute Gasteiger partial charge is 0.388 e. The van der Waals surface area contributed by atoms with E-state index in [1.165, 1.54) is 0 Å². The molecule has 1 aliphatic rings. The summed E-state index contributed by atoms with van der Waals surface area (Å²) in [6.07, 6.45) is 5.92. The van der Waals surface area contributed by atoms with Crippen molar-refractivity contribution in [3.8, 4) is 0 Å². The summed E-state index contributed by atoms with van der Waals surface area (Å²) in [6, 6.07) is 9.67. The maximum atomic E-state index is 11.8. The zero-order chi connectivity index (χ0) is 15.4. The average Bonchev–Trinajstić information content (AvgIpc) is 2.91. The normalized spacial score (nSPS) is 15.9. The van der Waals surface area contributed by atoms with Crippen molar-refractivity contribution in [3.63, 3.8) is 0 Å². The molecule has 0 unspecified atom stereocenters. The Morgan fingerprint density at radius 2 is 2.09 bits per heavy atom. The maximum absolute atomic E-state index is 11.8. The molecule has 6 nitrogen and oxygen atoms in total. The number of aromatic nitrogens is 2. The molecule has 1 saturated carbocycles. The minimum atomic E-state index is -0.713. The van der Waals surface area contributed by atoms with E-state index in [0.29, 0.717) is 12.2 Å². The van der Waals surface area contributed by atoms with Crippen LogP contribution in [-0.4, -0.2) is 33.1 Å². The van der Waals surface area contributed by atoms with Gasteiger partial charge in [-0.15, -0.1) is 0 Å². The first-order valence-electron chi connectivity index (χ1n) is 7.47. The molecule has 0 saturated heterocycles. The Bertz CT molecular complexity index is 635. The highest BCUT2D eigenvalue weighted by Gasteiger charge is 2.34. The predicted molar refractivity (Wildman–Crippen MR) is 83.6 cm³/mol. The van der Waals surface area contributed by atoms with Gasteiger partial charge in [0.1, 0.15) is 0 Å². The monoisotopic (exact) mass is 300 g/mol. The van der Waals surface area contributed by atoms with Crippen LogP contribution in [0.3, 0.4) is 0 Å². The zero-order valence-corrected chi connectivity index (χ0v) is 12.3. The molecule has 116 valence electrons. The van der Waals surface area contributed by atoms with Crippen molar-refractivity contribution in [3.05, 3.63) is 48.3 Å². The van der Waals surface area contributed by atoms with Gasteiger partial charge in [-0.1, -0.05) is 30.3 Å². The summed E-state index contributed by atoms with van der Waals surface area (Å²) >= 11 is 0. The fourth-order valence-electron chi connectivity index (χ4n) is 2.47. The van der Waals surface area contributed by atoms with Gasteiger partial charge >= 0.3 is 6.03 Å². The SMILES string of the molecule is O=C(NCC1(O)CCC1)Nc1cnn(Cc2ccccc2)c1. The Morgan fingerprint density at radius 3 is 2.77 bits per heavy atom. The average molecular weight is 300 g/mol. The minimum absolute atomic E-state index is 0.289. The molecule has 1 fully saturated rings. The van der Waals surface area contributed by atoms with Crippen LogP contribution in [0.15, 0.2) is 42.7 Å². The van der Waals surface area contributed by atoms with Crippen LogP contribution in [-0.2, 0) is 6.54 Å². The van der Waals surface area contributed by atoms with Crippen molar-refractivity contribution >= 4 is 11.7 Å². The summed E-state index contributed by atoms with van der Waals surface area (Å²) in [5, 5.41) is 19.6. The maximum Gasteiger partial charge on any atom is 0.319 e. The van der Waals surface area contributed by atoms with Gasteiger partial charge in [-0.2, -0.15) is 5.10 Å². The number of hydrogen-bond acceptors (Lipinski definition) is 3. The molecule has 0 radical (unpaired) electrons. The van der Waals surface area contributed by atoms with Gasteiger partial charge in [-0.3, -0.25) is 4.68 Å². The van der Waals surface area contributed by atoms with Crippen LogP contribution in [0.2, 0.25) is 0 Å². The third kappa shape index (κ3) is 3.65. The van der Waals surface area contributed by atoms with Crippen LogP contribution in [0.4, 0.5) is 10.5 Å². The summed E-state index contributed by atoms with van der Waals surface area (Å²) < 4.78 is 1.77. The third-order valence-electron chi connectivity index (χ3n) is 3.94. The Morgan fingerprint density at radius 1 is 1.32 bits per heavy atom. The lowest BCUT2D eigenvalue weighted by molar-refractivity contribution is -0.0287. The molecule has 0 spiro atoms. The van der Waals surface area contributed by atoms with E-state index >= 15 is 0 Å². The summed E-state index contributed by atoms with van der Waals surface area (Å²) in [6.45, 7) is 0.945. The van der Waals surface area contributed by atoms with Gasteiger partial charge in [0.15, 0.2) is 0 Å². The first-order chi connectivity index (χ1) is 10.6. The van der Waals surface area contributed by atoms with Crippen molar-refractivity contribution < 1.29 is 9.90 Å². The second kappa shape index (κ2) is 6.19. The fourth-order valence-corrected chi connectivity index (χ4v) is 2.47. The number of nitrogens with zero attached hydrogens (tertiary/aromatic N) is 2. The van der Waals surface area contributed by atoms with E-state index in [2.05, 4.69) is 15.7 Å². The van der Waals surface area contributed by atoms with Crippen molar-refractivity contribution in [1.82, 2.24) is 15.1 Å². The lowest BCUT2D eigenvalue weighted by Gasteiger charge is -2.36. The highest BCUT2D eigenvalue weighted by molar-refractivity contribution is 5.88. The molecular weight excluding hydrogens is 280 g/mol. The number of rotatable bonds is 5. The number of urea groups is 1. The molecule has 1 heterocycles. The van der Waals surface area contributed by atoms with Crippen LogP contribution < -0.4 is 10.6 Å². The van der Waals surface area contributed by atoms with Crippen molar-refractivity contribution in [2.24, 2.45) is 0 Å². The second-order valence-corrected chi connectivity index (χ2v) is 5.80. The van der Waals surface area contributed by atoms with E-state index in [4.69, 9.17) is 0 Å². The molecule has 2 amide bonds. The molecule has 1 aromatic carbocycles. The van der Waals surface area contributed by atoms with Crippen LogP contribution in [0, 0.1) is 0 Å². The van der Waals surface area contributed by atoms with E-state index in [1.807, 2.05) is 30.3 Å². The van der Waals surface area contributed by atoms with E-state index in [9.17, 15) is 9.90 Å². The van der Waals surface area contributed by atoms with Gasteiger partial charge in [0.05, 0.1) is 24.0 Å². The molecule has 1 aliphatic carbocycles. The van der Waals surface area contributed by atoms with E-state index < -0.39 is 5.60 Å². The molecule has 22 heavy (non-hydrogen) atoms. The summed E-state index contributed by atoms with van der Waals surface area (Å²) in [4.78, 5) is 11.8. The number of carbonyl (C=O) groups is 1. The Kier molecular flexibility index (Phi) is 4.11. The number of aliphatic hydroxyl groups is 1. The van der Waals surface area contributed by atoms with E-state index in [1.54, 1.807) is 17.1 Å². The zero-order valence-electron chi connectivity index (χ0n) is 12.3. The first-order valence-corrected chi connectivity index (χ1v) is 7.47. The Labute approximate surface area is 129 Å². The molecule has 1 aromatic heterocycles. The summed E-state index contributed by atoms with van der Waals surface area (Å²) in [5.74, 6) is 0. The molecule has 2 aromatic rings. The minimum Gasteiger partial charge on any atom is -0.388 e. The highest BCUT2D eigenvalue weighted by atomic mass is 16.3. The molecule has 3 N–H and O–H groups in total. The van der Waals surface area contributed by atoms with Gasteiger partial charge < -0.3 is 15.7 Å². The topological polar surface area (TPSA) is 79.2 Å². The Balaban J connectivity index is 1.49. The molecule has 3 rings (SSSR count). The lowest BCUT2D eigenvalue weighted by Crippen LogP contribution is -2.48. The Hall–Kier alpha value is -2.34. The molecule has 0 atom stereocenters.